The first-order chi connectivity index (χ1) is 10.1. The number of rotatable bonds is 6. The average molecular weight is 288 g/mol. The SMILES string of the molecule is CCc1ccc(CNCc2cccc([N+](=O)[O-])c2F)cc1. The van der Waals surface area contributed by atoms with Gasteiger partial charge in [0.2, 0.25) is 5.82 Å². The smallest absolute Gasteiger partial charge is 0.305 e. The summed E-state index contributed by atoms with van der Waals surface area (Å²) in [6.07, 6.45) is 0.993. The Balaban J connectivity index is 1.97. The van der Waals surface area contributed by atoms with E-state index in [4.69, 9.17) is 0 Å². The summed E-state index contributed by atoms with van der Waals surface area (Å²) in [5, 5.41) is 13.8. The fourth-order valence-corrected chi connectivity index (χ4v) is 2.08. The number of benzene rings is 2. The summed E-state index contributed by atoms with van der Waals surface area (Å²) in [4.78, 5) is 9.97. The van der Waals surface area contributed by atoms with Crippen LogP contribution in [0.15, 0.2) is 42.5 Å². The first-order valence-corrected chi connectivity index (χ1v) is 6.82. The Morgan fingerprint density at radius 3 is 2.38 bits per heavy atom. The lowest BCUT2D eigenvalue weighted by atomic mass is 10.1. The van der Waals surface area contributed by atoms with Gasteiger partial charge in [0.15, 0.2) is 0 Å². The minimum absolute atomic E-state index is 0.253. The molecule has 0 aromatic heterocycles. The number of aryl methyl sites for hydroxylation is 1. The van der Waals surface area contributed by atoms with Crippen molar-refractivity contribution >= 4 is 5.69 Å². The molecule has 0 bridgehead atoms. The van der Waals surface area contributed by atoms with Crippen molar-refractivity contribution in [2.75, 3.05) is 0 Å². The fraction of sp³-hybridized carbons (Fsp3) is 0.250. The van der Waals surface area contributed by atoms with Gasteiger partial charge >= 0.3 is 5.69 Å². The lowest BCUT2D eigenvalue weighted by Crippen LogP contribution is -2.14. The second-order valence-corrected chi connectivity index (χ2v) is 4.78. The van der Waals surface area contributed by atoms with Gasteiger partial charge in [0.25, 0.3) is 0 Å². The predicted molar refractivity (Wildman–Crippen MR) is 79.4 cm³/mol. The van der Waals surface area contributed by atoms with Gasteiger partial charge in [-0.15, -0.1) is 0 Å². The van der Waals surface area contributed by atoms with Gasteiger partial charge in [-0.3, -0.25) is 10.1 Å². The Morgan fingerprint density at radius 2 is 1.76 bits per heavy atom. The van der Waals surface area contributed by atoms with E-state index in [9.17, 15) is 14.5 Å². The van der Waals surface area contributed by atoms with E-state index < -0.39 is 16.4 Å². The van der Waals surface area contributed by atoms with Crippen molar-refractivity contribution in [1.82, 2.24) is 5.32 Å². The van der Waals surface area contributed by atoms with Crippen LogP contribution in [0.5, 0.6) is 0 Å². The van der Waals surface area contributed by atoms with Crippen molar-refractivity contribution < 1.29 is 9.31 Å². The van der Waals surface area contributed by atoms with E-state index >= 15 is 0 Å². The lowest BCUT2D eigenvalue weighted by molar-refractivity contribution is -0.387. The molecule has 110 valence electrons. The van der Waals surface area contributed by atoms with E-state index in [1.807, 2.05) is 12.1 Å². The zero-order valence-corrected chi connectivity index (χ0v) is 11.8. The van der Waals surface area contributed by atoms with Crippen LogP contribution in [0.2, 0.25) is 0 Å². The third-order valence-corrected chi connectivity index (χ3v) is 3.33. The van der Waals surface area contributed by atoms with Crippen molar-refractivity contribution in [3.63, 3.8) is 0 Å². The van der Waals surface area contributed by atoms with E-state index in [-0.39, 0.29) is 6.54 Å². The third-order valence-electron chi connectivity index (χ3n) is 3.33. The van der Waals surface area contributed by atoms with Gasteiger partial charge < -0.3 is 5.32 Å². The highest BCUT2D eigenvalue weighted by Crippen LogP contribution is 2.20. The van der Waals surface area contributed by atoms with Gasteiger partial charge in [0.05, 0.1) is 4.92 Å². The first-order valence-electron chi connectivity index (χ1n) is 6.82. The van der Waals surface area contributed by atoms with Crippen LogP contribution in [0.4, 0.5) is 10.1 Å². The second kappa shape index (κ2) is 6.95. The molecule has 5 heteroatoms. The molecule has 0 heterocycles. The van der Waals surface area contributed by atoms with Gasteiger partial charge in [-0.1, -0.05) is 43.3 Å². The molecule has 0 aliphatic heterocycles. The Hall–Kier alpha value is -2.27. The molecule has 0 unspecified atom stereocenters. The van der Waals surface area contributed by atoms with Crippen LogP contribution in [0, 0.1) is 15.9 Å². The molecular weight excluding hydrogens is 271 g/mol. The van der Waals surface area contributed by atoms with Gasteiger partial charge in [0, 0.05) is 24.7 Å². The van der Waals surface area contributed by atoms with Crippen molar-refractivity contribution in [2.45, 2.75) is 26.4 Å². The molecule has 0 atom stereocenters. The van der Waals surface area contributed by atoms with Crippen LogP contribution < -0.4 is 5.32 Å². The molecule has 0 spiro atoms. The summed E-state index contributed by atoms with van der Waals surface area (Å²) >= 11 is 0. The Bertz CT molecular complexity index is 627. The second-order valence-electron chi connectivity index (χ2n) is 4.78. The Labute approximate surface area is 122 Å². The number of hydrogen-bond donors (Lipinski definition) is 1. The summed E-state index contributed by atoms with van der Waals surface area (Å²) < 4.78 is 13.9. The summed E-state index contributed by atoms with van der Waals surface area (Å²) in [6, 6.07) is 12.4. The minimum atomic E-state index is -0.767. The predicted octanol–water partition coefficient (Wildman–Crippen LogP) is 3.59. The first kappa shape index (κ1) is 15.1. The maximum atomic E-state index is 13.9. The van der Waals surface area contributed by atoms with Gasteiger partial charge in [0.1, 0.15) is 0 Å². The highest BCUT2D eigenvalue weighted by atomic mass is 19.1. The normalized spacial score (nSPS) is 10.6. The zero-order valence-electron chi connectivity index (χ0n) is 11.8. The molecule has 0 saturated heterocycles. The van der Waals surface area contributed by atoms with Crippen LogP contribution in [-0.2, 0) is 19.5 Å². The van der Waals surface area contributed by atoms with Gasteiger partial charge in [-0.25, -0.2) is 0 Å². The van der Waals surface area contributed by atoms with Crippen LogP contribution in [0.25, 0.3) is 0 Å². The fourth-order valence-electron chi connectivity index (χ4n) is 2.08. The van der Waals surface area contributed by atoms with Crippen LogP contribution in [-0.4, -0.2) is 4.92 Å². The summed E-state index contributed by atoms with van der Waals surface area (Å²) in [6.45, 7) is 2.94. The van der Waals surface area contributed by atoms with Gasteiger partial charge in [-0.2, -0.15) is 4.39 Å². The number of nitro benzene ring substituents is 1. The molecule has 2 aromatic rings. The molecular formula is C16H17FN2O2. The van der Waals surface area contributed by atoms with Crippen molar-refractivity contribution in [1.29, 1.82) is 0 Å². The Kier molecular flexibility index (Phi) is 5.00. The molecule has 0 aliphatic rings. The number of nitro groups is 1. The maximum absolute atomic E-state index is 13.9. The molecule has 21 heavy (non-hydrogen) atoms. The lowest BCUT2D eigenvalue weighted by Gasteiger charge is -2.07. The molecule has 0 amide bonds. The molecule has 0 fully saturated rings. The van der Waals surface area contributed by atoms with Crippen molar-refractivity contribution in [3.05, 3.63) is 75.1 Å². The van der Waals surface area contributed by atoms with E-state index in [1.54, 1.807) is 6.07 Å². The molecule has 0 radical (unpaired) electrons. The quantitative estimate of drug-likeness (QED) is 0.653. The van der Waals surface area contributed by atoms with E-state index in [0.29, 0.717) is 12.1 Å². The topological polar surface area (TPSA) is 55.2 Å². The van der Waals surface area contributed by atoms with Crippen LogP contribution in [0.3, 0.4) is 0 Å². The maximum Gasteiger partial charge on any atom is 0.305 e. The number of nitrogens with zero attached hydrogens (tertiary/aromatic N) is 1. The summed E-state index contributed by atoms with van der Waals surface area (Å²) in [7, 11) is 0. The summed E-state index contributed by atoms with van der Waals surface area (Å²) in [5.41, 5.74) is 2.18. The van der Waals surface area contributed by atoms with Crippen molar-refractivity contribution in [2.24, 2.45) is 0 Å². The molecule has 0 aliphatic carbocycles. The number of halogens is 1. The molecule has 2 rings (SSSR count). The highest BCUT2D eigenvalue weighted by molar-refractivity contribution is 5.36. The number of hydrogen-bond acceptors (Lipinski definition) is 3. The van der Waals surface area contributed by atoms with E-state index in [0.717, 1.165) is 12.0 Å². The van der Waals surface area contributed by atoms with Crippen molar-refractivity contribution in [3.8, 4) is 0 Å². The average Bonchev–Trinajstić information content (AvgIpc) is 2.49. The molecule has 1 N–H and O–H groups in total. The number of nitrogens with one attached hydrogen (secondary N) is 1. The van der Waals surface area contributed by atoms with E-state index in [1.165, 1.54) is 17.7 Å². The molecule has 4 nitrogen and oxygen atoms in total. The molecule has 0 saturated carbocycles. The highest BCUT2D eigenvalue weighted by Gasteiger charge is 2.16. The minimum Gasteiger partial charge on any atom is -0.309 e. The monoisotopic (exact) mass is 288 g/mol. The standard InChI is InChI=1S/C16H17FN2O2/c1-2-12-6-8-13(9-7-12)10-18-11-14-4-3-5-15(16(14)17)19(20)21/h3-9,18H,2,10-11H2,1H3. The van der Waals surface area contributed by atoms with Crippen LogP contribution in [0.1, 0.15) is 23.6 Å². The largest absolute Gasteiger partial charge is 0.309 e. The summed E-state index contributed by atoms with van der Waals surface area (Å²) in [5.74, 6) is -0.767. The molecule has 2 aromatic carbocycles. The van der Waals surface area contributed by atoms with Crippen LogP contribution >= 0.6 is 0 Å². The van der Waals surface area contributed by atoms with Gasteiger partial charge in [-0.05, 0) is 17.5 Å². The Morgan fingerprint density at radius 1 is 1.10 bits per heavy atom. The zero-order chi connectivity index (χ0) is 15.2. The van der Waals surface area contributed by atoms with E-state index in [2.05, 4.69) is 24.4 Å². The third kappa shape index (κ3) is 3.86.